The van der Waals surface area contributed by atoms with Crippen LogP contribution in [0, 0.1) is 0 Å². The van der Waals surface area contributed by atoms with Gasteiger partial charge in [-0.2, -0.15) is 0 Å². The largest absolute Gasteiger partial charge is 0.507 e. The number of benzene rings is 1. The predicted octanol–water partition coefficient (Wildman–Crippen LogP) is 2.19. The van der Waals surface area contributed by atoms with Crippen LogP contribution in [0.3, 0.4) is 0 Å². The molecule has 5 nitrogen and oxygen atoms in total. The number of aromatic hydroxyl groups is 1. The minimum atomic E-state index is -0.442. The maximum atomic E-state index is 12.2. The maximum Gasteiger partial charge on any atom is 0.228 e. The first-order valence-corrected chi connectivity index (χ1v) is 6.07. The topological polar surface area (TPSA) is 72.8 Å². The Morgan fingerprint density at radius 1 is 1.30 bits per heavy atom. The lowest BCUT2D eigenvalue weighted by molar-refractivity contribution is 0.0914. The molecule has 2 aliphatic rings. The van der Waals surface area contributed by atoms with E-state index in [0.717, 1.165) is 6.08 Å². The molecule has 0 amide bonds. The van der Waals surface area contributed by atoms with Crippen LogP contribution in [0.15, 0.2) is 23.7 Å². The molecule has 1 aliphatic carbocycles. The van der Waals surface area contributed by atoms with Crippen LogP contribution in [0.1, 0.15) is 38.8 Å². The normalized spacial score (nSPS) is 16.7. The van der Waals surface area contributed by atoms with Crippen molar-refractivity contribution in [1.82, 2.24) is 0 Å². The number of carbonyl (C=O) groups is 2. The van der Waals surface area contributed by atoms with Crippen molar-refractivity contribution >= 4 is 17.6 Å². The van der Waals surface area contributed by atoms with Crippen molar-refractivity contribution in [3.8, 4) is 5.75 Å². The number of phenolic OH excluding ortho intramolecular Hbond substituents is 1. The van der Waals surface area contributed by atoms with Crippen LogP contribution < -0.4 is 0 Å². The number of hydrogen-bond acceptors (Lipinski definition) is 5. The first-order valence-electron chi connectivity index (χ1n) is 6.07. The van der Waals surface area contributed by atoms with Gasteiger partial charge in [0.1, 0.15) is 12.4 Å². The second-order valence-electron chi connectivity index (χ2n) is 4.67. The van der Waals surface area contributed by atoms with E-state index in [1.165, 1.54) is 7.11 Å². The van der Waals surface area contributed by atoms with Gasteiger partial charge < -0.3 is 14.6 Å². The van der Waals surface area contributed by atoms with Gasteiger partial charge in [0.15, 0.2) is 11.5 Å². The van der Waals surface area contributed by atoms with Gasteiger partial charge in [-0.15, -0.1) is 0 Å². The Morgan fingerprint density at radius 3 is 2.75 bits per heavy atom. The fourth-order valence-corrected chi connectivity index (χ4v) is 2.43. The summed E-state index contributed by atoms with van der Waals surface area (Å²) in [7, 11) is 1.33. The molecule has 1 heterocycles. The summed E-state index contributed by atoms with van der Waals surface area (Å²) < 4.78 is 10.3. The Labute approximate surface area is 115 Å². The lowest BCUT2D eigenvalue weighted by Crippen LogP contribution is -2.20. The summed E-state index contributed by atoms with van der Waals surface area (Å²) in [6.45, 7) is 1.96. The number of rotatable bonds is 1. The van der Waals surface area contributed by atoms with E-state index in [-0.39, 0.29) is 29.2 Å². The summed E-state index contributed by atoms with van der Waals surface area (Å²) in [5.74, 6) is -0.365. The summed E-state index contributed by atoms with van der Waals surface area (Å²) in [5, 5.41) is 10.3. The highest BCUT2D eigenvalue weighted by Crippen LogP contribution is 2.37. The van der Waals surface area contributed by atoms with Crippen molar-refractivity contribution in [2.75, 3.05) is 7.11 Å². The number of hydrogen-bond donors (Lipinski definition) is 1. The minimum absolute atomic E-state index is 0.0189. The number of phenols is 1. The lowest BCUT2D eigenvalue weighted by atomic mass is 9.87. The van der Waals surface area contributed by atoms with Crippen LogP contribution in [-0.2, 0) is 16.1 Å². The Balaban J connectivity index is 2.28. The van der Waals surface area contributed by atoms with Crippen LogP contribution in [0.25, 0.3) is 6.08 Å². The van der Waals surface area contributed by atoms with Crippen molar-refractivity contribution in [2.45, 2.75) is 13.5 Å². The van der Waals surface area contributed by atoms with E-state index in [1.807, 2.05) is 0 Å². The molecule has 0 saturated heterocycles. The van der Waals surface area contributed by atoms with Crippen LogP contribution in [0.4, 0.5) is 0 Å². The van der Waals surface area contributed by atoms with Gasteiger partial charge in [0, 0.05) is 17.2 Å². The number of Topliss-reactive ketones (excluding diaryl/α,β-unsaturated/α-hetero) is 1. The Morgan fingerprint density at radius 2 is 2.05 bits per heavy atom. The van der Waals surface area contributed by atoms with E-state index >= 15 is 0 Å². The van der Waals surface area contributed by atoms with Crippen molar-refractivity contribution < 1.29 is 24.2 Å². The fourth-order valence-electron chi connectivity index (χ4n) is 2.43. The Hall–Kier alpha value is -2.56. The van der Waals surface area contributed by atoms with Crippen LogP contribution in [0.5, 0.6) is 5.75 Å². The molecule has 1 aliphatic heterocycles. The second-order valence-corrected chi connectivity index (χ2v) is 4.67. The van der Waals surface area contributed by atoms with Crippen molar-refractivity contribution in [3.63, 3.8) is 0 Å². The minimum Gasteiger partial charge on any atom is -0.507 e. The summed E-state index contributed by atoms with van der Waals surface area (Å²) in [6.07, 6.45) is 2.82. The molecular formula is C15H12O5. The molecule has 1 N–H and O–H groups in total. The molecule has 0 aromatic heterocycles. The second kappa shape index (κ2) is 4.23. The highest BCUT2D eigenvalue weighted by Gasteiger charge is 2.32. The van der Waals surface area contributed by atoms with Crippen LogP contribution in [0.2, 0.25) is 0 Å². The summed E-state index contributed by atoms with van der Waals surface area (Å²) in [5.41, 5.74) is 1.39. The predicted molar refractivity (Wildman–Crippen MR) is 70.3 cm³/mol. The van der Waals surface area contributed by atoms with Crippen molar-refractivity contribution in [2.24, 2.45) is 0 Å². The molecule has 0 atom stereocenters. The van der Waals surface area contributed by atoms with Gasteiger partial charge in [0.2, 0.25) is 5.78 Å². The van der Waals surface area contributed by atoms with E-state index in [4.69, 9.17) is 9.47 Å². The van der Waals surface area contributed by atoms with Gasteiger partial charge in [0.25, 0.3) is 0 Å². The number of ketones is 2. The third-order valence-electron chi connectivity index (χ3n) is 3.44. The first kappa shape index (κ1) is 12.5. The molecule has 0 bridgehead atoms. The van der Waals surface area contributed by atoms with E-state index in [1.54, 1.807) is 19.1 Å². The molecule has 1 aromatic carbocycles. The van der Waals surface area contributed by atoms with Gasteiger partial charge in [-0.3, -0.25) is 9.59 Å². The van der Waals surface area contributed by atoms with Crippen molar-refractivity contribution in [1.29, 1.82) is 0 Å². The third-order valence-corrected chi connectivity index (χ3v) is 3.44. The number of carbonyl (C=O) groups excluding carboxylic acids is 2. The Kier molecular flexibility index (Phi) is 2.64. The average Bonchev–Trinajstić information content (AvgIpc) is 2.42. The zero-order valence-corrected chi connectivity index (χ0v) is 11.0. The fraction of sp³-hybridized carbons (Fsp3) is 0.200. The van der Waals surface area contributed by atoms with E-state index in [9.17, 15) is 14.7 Å². The van der Waals surface area contributed by atoms with Crippen LogP contribution in [-0.4, -0.2) is 23.8 Å². The molecule has 1 aromatic rings. The van der Waals surface area contributed by atoms with Gasteiger partial charge in [-0.25, -0.2) is 0 Å². The van der Waals surface area contributed by atoms with Gasteiger partial charge >= 0.3 is 0 Å². The number of allylic oxidation sites excluding steroid dienone is 3. The Bertz CT molecular complexity index is 709. The molecule has 5 heteroatoms. The molecule has 102 valence electrons. The van der Waals surface area contributed by atoms with E-state index in [0.29, 0.717) is 16.9 Å². The first-order chi connectivity index (χ1) is 9.52. The van der Waals surface area contributed by atoms with Gasteiger partial charge in [-0.1, -0.05) is 0 Å². The zero-order chi connectivity index (χ0) is 14.4. The highest BCUT2D eigenvalue weighted by atomic mass is 16.5. The molecule has 0 spiro atoms. The zero-order valence-electron chi connectivity index (χ0n) is 11.0. The third kappa shape index (κ3) is 1.63. The van der Waals surface area contributed by atoms with Gasteiger partial charge in [-0.05, 0) is 24.6 Å². The van der Waals surface area contributed by atoms with E-state index < -0.39 is 11.6 Å². The quantitative estimate of drug-likeness (QED) is 0.848. The monoisotopic (exact) mass is 272 g/mol. The summed E-state index contributed by atoms with van der Waals surface area (Å²) in [6, 6.07) is 1.60. The average molecular weight is 272 g/mol. The summed E-state index contributed by atoms with van der Waals surface area (Å²) >= 11 is 0. The van der Waals surface area contributed by atoms with Crippen LogP contribution >= 0.6 is 0 Å². The standard InChI is InChI=1S/C15H12O5/c1-7-3-8-4-9-13(15(18)10(8)6-20-7)11(16)5-12(19-2)14(9)17/h3-5,18H,6H2,1-2H3. The highest BCUT2D eigenvalue weighted by molar-refractivity contribution is 6.25. The molecule has 0 fully saturated rings. The lowest BCUT2D eigenvalue weighted by Gasteiger charge is -2.22. The summed E-state index contributed by atoms with van der Waals surface area (Å²) in [4.78, 5) is 24.3. The van der Waals surface area contributed by atoms with Crippen molar-refractivity contribution in [3.05, 3.63) is 45.9 Å². The molecule has 0 saturated carbocycles. The molecule has 3 rings (SSSR count). The number of methoxy groups -OCH3 is 1. The number of ether oxygens (including phenoxy) is 2. The maximum absolute atomic E-state index is 12.2. The van der Waals surface area contributed by atoms with Gasteiger partial charge in [0.05, 0.1) is 18.4 Å². The molecule has 0 unspecified atom stereocenters. The molecule has 20 heavy (non-hydrogen) atoms. The smallest absolute Gasteiger partial charge is 0.228 e. The SMILES string of the molecule is COC1=CC(=O)c2c(cc3c(c2O)COC(C)=C3)C1=O. The molecular weight excluding hydrogens is 260 g/mol. The van der Waals surface area contributed by atoms with E-state index in [2.05, 4.69) is 0 Å². The number of fused-ring (bicyclic) bond motifs is 2. The molecule has 0 radical (unpaired) electrons.